The van der Waals surface area contributed by atoms with Crippen LogP contribution in [-0.4, -0.2) is 23.9 Å². The second-order valence-electron chi connectivity index (χ2n) is 6.12. The van der Waals surface area contributed by atoms with Crippen LogP contribution in [0.15, 0.2) is 0 Å². The van der Waals surface area contributed by atoms with E-state index in [1.165, 1.54) is 32.1 Å². The topological polar surface area (TPSA) is 29.5 Å². The third-order valence-electron chi connectivity index (χ3n) is 5.17. The number of aliphatic hydroxyl groups is 1. The minimum Gasteiger partial charge on any atom is -0.389 e. The second kappa shape index (κ2) is 5.71. The molecule has 0 radical (unpaired) electrons. The van der Waals surface area contributed by atoms with E-state index in [-0.39, 0.29) is 6.10 Å². The Morgan fingerprint density at radius 2 is 1.94 bits per heavy atom. The molecule has 2 aliphatic rings. The van der Waals surface area contributed by atoms with Crippen LogP contribution in [0, 0.1) is 11.8 Å². The highest BCUT2D eigenvalue weighted by Gasteiger charge is 2.44. The van der Waals surface area contributed by atoms with Gasteiger partial charge in [0, 0.05) is 13.5 Å². The largest absolute Gasteiger partial charge is 0.389 e. The average molecular weight is 240 g/mol. The van der Waals surface area contributed by atoms with Crippen LogP contribution < -0.4 is 0 Å². The Kier molecular flexibility index (Phi) is 4.48. The van der Waals surface area contributed by atoms with Crippen LogP contribution in [0.1, 0.15) is 64.7 Å². The summed E-state index contributed by atoms with van der Waals surface area (Å²) < 4.78 is 5.49. The van der Waals surface area contributed by atoms with Crippen molar-refractivity contribution >= 4 is 0 Å². The lowest BCUT2D eigenvalue weighted by atomic mass is 9.64. The molecule has 0 bridgehead atoms. The molecule has 2 rings (SSSR count). The zero-order valence-electron chi connectivity index (χ0n) is 11.5. The molecule has 2 saturated carbocycles. The van der Waals surface area contributed by atoms with Gasteiger partial charge >= 0.3 is 0 Å². The van der Waals surface area contributed by atoms with E-state index in [1.807, 2.05) is 0 Å². The standard InChI is InChI=1S/C15H28O2/c1-3-12-7-4-5-9-14(12)15(16)10-6-8-13(11-15)17-2/h12-14,16H,3-11H2,1-2H3. The van der Waals surface area contributed by atoms with E-state index >= 15 is 0 Å². The Hall–Kier alpha value is -0.0800. The maximum Gasteiger partial charge on any atom is 0.0703 e. The summed E-state index contributed by atoms with van der Waals surface area (Å²) in [6.07, 6.45) is 10.8. The fraction of sp³-hybridized carbons (Fsp3) is 1.00. The molecule has 17 heavy (non-hydrogen) atoms. The van der Waals surface area contributed by atoms with Crippen molar-refractivity contribution in [3.05, 3.63) is 0 Å². The first-order chi connectivity index (χ1) is 8.19. The fourth-order valence-electron chi connectivity index (χ4n) is 4.18. The van der Waals surface area contributed by atoms with E-state index in [9.17, 15) is 5.11 Å². The molecule has 100 valence electrons. The van der Waals surface area contributed by atoms with E-state index in [1.54, 1.807) is 7.11 Å². The first-order valence-electron chi connectivity index (χ1n) is 7.45. The van der Waals surface area contributed by atoms with Gasteiger partial charge in [-0.05, 0) is 37.5 Å². The number of rotatable bonds is 3. The van der Waals surface area contributed by atoms with Crippen molar-refractivity contribution in [2.75, 3.05) is 7.11 Å². The maximum atomic E-state index is 11.0. The van der Waals surface area contributed by atoms with Crippen molar-refractivity contribution in [2.45, 2.75) is 76.4 Å². The lowest BCUT2D eigenvalue weighted by Gasteiger charge is -2.47. The highest BCUT2D eigenvalue weighted by Crippen LogP contribution is 2.45. The molecule has 1 N–H and O–H groups in total. The van der Waals surface area contributed by atoms with Crippen LogP contribution >= 0.6 is 0 Å². The van der Waals surface area contributed by atoms with Crippen molar-refractivity contribution in [1.82, 2.24) is 0 Å². The molecule has 2 aliphatic carbocycles. The number of hydrogen-bond donors (Lipinski definition) is 1. The summed E-state index contributed by atoms with van der Waals surface area (Å²) in [4.78, 5) is 0. The van der Waals surface area contributed by atoms with Crippen molar-refractivity contribution in [3.63, 3.8) is 0 Å². The lowest BCUT2D eigenvalue weighted by Crippen LogP contribution is -2.48. The Morgan fingerprint density at radius 1 is 1.18 bits per heavy atom. The van der Waals surface area contributed by atoms with Gasteiger partial charge in [0.05, 0.1) is 11.7 Å². The highest BCUT2D eigenvalue weighted by molar-refractivity contribution is 4.96. The third kappa shape index (κ3) is 2.85. The van der Waals surface area contributed by atoms with Crippen LogP contribution in [0.3, 0.4) is 0 Å². The molecule has 2 heteroatoms. The molecule has 0 heterocycles. The van der Waals surface area contributed by atoms with Gasteiger partial charge in [-0.15, -0.1) is 0 Å². The Labute approximate surface area is 106 Å². The lowest BCUT2D eigenvalue weighted by molar-refractivity contribution is -0.117. The third-order valence-corrected chi connectivity index (χ3v) is 5.17. The molecule has 0 spiro atoms. The maximum absolute atomic E-state index is 11.0. The highest BCUT2D eigenvalue weighted by atomic mass is 16.5. The van der Waals surface area contributed by atoms with Crippen molar-refractivity contribution in [3.8, 4) is 0 Å². The normalized spacial score (nSPS) is 43.6. The zero-order chi connectivity index (χ0) is 12.3. The molecular formula is C15H28O2. The zero-order valence-corrected chi connectivity index (χ0v) is 11.5. The summed E-state index contributed by atoms with van der Waals surface area (Å²) >= 11 is 0. The van der Waals surface area contributed by atoms with E-state index in [0.29, 0.717) is 5.92 Å². The van der Waals surface area contributed by atoms with Gasteiger partial charge in [0.1, 0.15) is 0 Å². The van der Waals surface area contributed by atoms with E-state index in [2.05, 4.69) is 6.92 Å². The van der Waals surface area contributed by atoms with Gasteiger partial charge in [-0.25, -0.2) is 0 Å². The molecule has 0 amide bonds. The van der Waals surface area contributed by atoms with Gasteiger partial charge in [0.25, 0.3) is 0 Å². The van der Waals surface area contributed by atoms with Crippen LogP contribution in [0.4, 0.5) is 0 Å². The van der Waals surface area contributed by atoms with Crippen molar-refractivity contribution < 1.29 is 9.84 Å². The SMILES string of the molecule is CCC1CCCCC1C1(O)CCCC(OC)C1. The van der Waals surface area contributed by atoms with Gasteiger partial charge in [0.2, 0.25) is 0 Å². The minimum absolute atomic E-state index is 0.285. The van der Waals surface area contributed by atoms with E-state index < -0.39 is 5.60 Å². The molecule has 0 aromatic carbocycles. The Morgan fingerprint density at radius 3 is 2.65 bits per heavy atom. The first-order valence-corrected chi connectivity index (χ1v) is 7.45. The van der Waals surface area contributed by atoms with Gasteiger partial charge in [-0.3, -0.25) is 0 Å². The number of methoxy groups -OCH3 is 1. The molecule has 2 fully saturated rings. The minimum atomic E-state index is -0.431. The summed E-state index contributed by atoms with van der Waals surface area (Å²) in [5.41, 5.74) is -0.431. The summed E-state index contributed by atoms with van der Waals surface area (Å²) in [6, 6.07) is 0. The molecule has 4 unspecified atom stereocenters. The summed E-state index contributed by atoms with van der Waals surface area (Å²) in [5.74, 6) is 1.27. The first kappa shape index (κ1) is 13.4. The molecule has 2 nitrogen and oxygen atoms in total. The van der Waals surface area contributed by atoms with Crippen molar-refractivity contribution in [1.29, 1.82) is 0 Å². The van der Waals surface area contributed by atoms with Gasteiger partial charge < -0.3 is 9.84 Å². The monoisotopic (exact) mass is 240 g/mol. The Balaban J connectivity index is 2.06. The van der Waals surface area contributed by atoms with Gasteiger partial charge in [-0.1, -0.05) is 32.6 Å². The summed E-state index contributed by atoms with van der Waals surface area (Å²) in [7, 11) is 1.79. The summed E-state index contributed by atoms with van der Waals surface area (Å²) in [6.45, 7) is 2.28. The van der Waals surface area contributed by atoms with Crippen LogP contribution in [0.25, 0.3) is 0 Å². The van der Waals surface area contributed by atoms with E-state index in [0.717, 1.165) is 31.6 Å². The van der Waals surface area contributed by atoms with Crippen LogP contribution in [0.5, 0.6) is 0 Å². The molecule has 0 saturated heterocycles. The Bertz CT molecular complexity index is 241. The van der Waals surface area contributed by atoms with Crippen LogP contribution in [0.2, 0.25) is 0 Å². The second-order valence-corrected chi connectivity index (χ2v) is 6.12. The van der Waals surface area contributed by atoms with E-state index in [4.69, 9.17) is 4.74 Å². The van der Waals surface area contributed by atoms with Crippen LogP contribution in [-0.2, 0) is 4.74 Å². The van der Waals surface area contributed by atoms with Gasteiger partial charge in [-0.2, -0.15) is 0 Å². The molecule has 0 aromatic rings. The number of hydrogen-bond acceptors (Lipinski definition) is 2. The smallest absolute Gasteiger partial charge is 0.0703 e. The average Bonchev–Trinajstić information content (AvgIpc) is 2.38. The van der Waals surface area contributed by atoms with Crippen molar-refractivity contribution in [2.24, 2.45) is 11.8 Å². The molecule has 4 atom stereocenters. The summed E-state index contributed by atoms with van der Waals surface area (Å²) in [5, 5.41) is 11.0. The number of ether oxygens (including phenoxy) is 1. The predicted molar refractivity (Wildman–Crippen MR) is 70.0 cm³/mol. The molecule has 0 aromatic heterocycles. The predicted octanol–water partition coefficient (Wildman–Crippen LogP) is 3.52. The fourth-order valence-corrected chi connectivity index (χ4v) is 4.18. The quantitative estimate of drug-likeness (QED) is 0.818. The molecule has 0 aliphatic heterocycles. The van der Waals surface area contributed by atoms with Gasteiger partial charge in [0.15, 0.2) is 0 Å². The molecular weight excluding hydrogens is 212 g/mol.